The molecule has 0 aromatic heterocycles. The Morgan fingerprint density at radius 3 is 1.74 bits per heavy atom. The number of rotatable bonds is 13. The SMILES string of the molecule is CC(=O)O[C@H]1[C@H](O[P+](=O)O)O[C@H](COCc2ccccc2)[C@@H](OCc2ccccc2)[C@@H]1OCc1ccccc1. The maximum atomic E-state index is 12.1. The van der Waals surface area contributed by atoms with E-state index in [2.05, 4.69) is 0 Å². The van der Waals surface area contributed by atoms with Gasteiger partial charge in [0, 0.05) is 11.5 Å². The average molecular weight is 556 g/mol. The number of carbonyl (C=O) groups is 1. The minimum Gasteiger partial charge on any atom is -0.454 e. The standard InChI is InChI=1S/C29H31O9P/c1-21(30)36-28-27(35-19-24-15-9-4-10-16-24)26(34-18-23-13-7-3-8-14-23)25(37-29(28)38-39(31)32)20-33-17-22-11-5-2-6-12-22/h2-16,25-29H,17-20H2,1H3/p+1/t25-,26-,27+,28-,29+/m1/s1. The van der Waals surface area contributed by atoms with Crippen molar-refractivity contribution < 1.29 is 42.5 Å². The van der Waals surface area contributed by atoms with Crippen LogP contribution in [0.3, 0.4) is 0 Å². The van der Waals surface area contributed by atoms with Gasteiger partial charge < -0.3 is 23.7 Å². The van der Waals surface area contributed by atoms with E-state index in [-0.39, 0.29) is 19.8 Å². The molecular weight excluding hydrogens is 523 g/mol. The van der Waals surface area contributed by atoms with Crippen LogP contribution in [-0.2, 0) is 57.4 Å². The third kappa shape index (κ3) is 9.02. The largest absolute Gasteiger partial charge is 0.697 e. The van der Waals surface area contributed by atoms with Crippen molar-refractivity contribution in [2.45, 2.75) is 57.5 Å². The minimum atomic E-state index is -3.08. The molecule has 0 radical (unpaired) electrons. The summed E-state index contributed by atoms with van der Waals surface area (Å²) in [7, 11) is -3.08. The number of ether oxygens (including phenoxy) is 5. The summed E-state index contributed by atoms with van der Waals surface area (Å²) in [6, 6.07) is 28.7. The van der Waals surface area contributed by atoms with Gasteiger partial charge in [-0.05, 0) is 16.7 Å². The van der Waals surface area contributed by atoms with E-state index in [9.17, 15) is 14.3 Å². The highest BCUT2D eigenvalue weighted by atomic mass is 31.1. The highest BCUT2D eigenvalue weighted by Crippen LogP contribution is 2.34. The van der Waals surface area contributed by atoms with Crippen molar-refractivity contribution in [2.75, 3.05) is 6.61 Å². The zero-order chi connectivity index (χ0) is 27.5. The Balaban J connectivity index is 1.60. The third-order valence-corrected chi connectivity index (χ3v) is 6.44. The predicted octanol–water partition coefficient (Wildman–Crippen LogP) is 4.70. The molecule has 1 aliphatic heterocycles. The van der Waals surface area contributed by atoms with Gasteiger partial charge in [-0.3, -0.25) is 4.79 Å². The highest BCUT2D eigenvalue weighted by molar-refractivity contribution is 7.32. The maximum absolute atomic E-state index is 12.1. The van der Waals surface area contributed by atoms with Gasteiger partial charge in [-0.2, -0.15) is 0 Å². The van der Waals surface area contributed by atoms with E-state index in [0.29, 0.717) is 6.61 Å². The van der Waals surface area contributed by atoms with Crippen molar-refractivity contribution in [3.05, 3.63) is 108 Å². The first-order valence-electron chi connectivity index (χ1n) is 12.6. The number of hydrogen-bond donors (Lipinski definition) is 1. The number of carbonyl (C=O) groups excluding carboxylic acids is 1. The van der Waals surface area contributed by atoms with Crippen molar-refractivity contribution in [2.24, 2.45) is 0 Å². The lowest BCUT2D eigenvalue weighted by Crippen LogP contribution is -2.61. The van der Waals surface area contributed by atoms with Gasteiger partial charge in [-0.25, -0.2) is 0 Å². The second-order valence-electron chi connectivity index (χ2n) is 8.98. The molecule has 6 atom stereocenters. The molecule has 0 amide bonds. The molecule has 0 saturated carbocycles. The first kappa shape index (κ1) is 29.0. The smallest absolute Gasteiger partial charge is 0.454 e. The summed E-state index contributed by atoms with van der Waals surface area (Å²) in [4.78, 5) is 21.6. The fourth-order valence-corrected chi connectivity index (χ4v) is 4.64. The molecule has 1 unspecified atom stereocenters. The molecule has 206 valence electrons. The molecular formula is C29H32O9P+. The summed E-state index contributed by atoms with van der Waals surface area (Å²) in [5, 5.41) is 0. The Morgan fingerprint density at radius 2 is 1.26 bits per heavy atom. The summed E-state index contributed by atoms with van der Waals surface area (Å²) >= 11 is 0. The van der Waals surface area contributed by atoms with E-state index in [1.807, 2.05) is 91.0 Å². The van der Waals surface area contributed by atoms with Gasteiger partial charge in [-0.1, -0.05) is 95.5 Å². The summed E-state index contributed by atoms with van der Waals surface area (Å²) < 4.78 is 47.0. The second-order valence-corrected chi connectivity index (χ2v) is 9.67. The van der Waals surface area contributed by atoms with Crippen LogP contribution >= 0.6 is 8.25 Å². The monoisotopic (exact) mass is 555 g/mol. The molecule has 9 nitrogen and oxygen atoms in total. The van der Waals surface area contributed by atoms with Crippen molar-refractivity contribution in [3.8, 4) is 0 Å². The lowest BCUT2D eigenvalue weighted by Gasteiger charge is -2.43. The average Bonchev–Trinajstić information content (AvgIpc) is 2.94. The topological polar surface area (TPSA) is 110 Å². The Kier molecular flexibility index (Phi) is 11.1. The molecule has 1 saturated heterocycles. The van der Waals surface area contributed by atoms with E-state index in [1.54, 1.807) is 0 Å². The van der Waals surface area contributed by atoms with Crippen LogP contribution in [0.5, 0.6) is 0 Å². The second kappa shape index (κ2) is 15.0. The van der Waals surface area contributed by atoms with Gasteiger partial charge in [0.25, 0.3) is 6.29 Å². The molecule has 1 fully saturated rings. The van der Waals surface area contributed by atoms with Crippen LogP contribution in [0.2, 0.25) is 0 Å². The van der Waals surface area contributed by atoms with Gasteiger partial charge in [0.1, 0.15) is 18.3 Å². The molecule has 0 bridgehead atoms. The molecule has 3 aromatic carbocycles. The molecule has 1 N–H and O–H groups in total. The van der Waals surface area contributed by atoms with Crippen LogP contribution < -0.4 is 0 Å². The van der Waals surface area contributed by atoms with Crippen LogP contribution in [0.1, 0.15) is 23.6 Å². The van der Waals surface area contributed by atoms with Crippen LogP contribution in [0, 0.1) is 0 Å². The number of benzene rings is 3. The van der Waals surface area contributed by atoms with Crippen molar-refractivity contribution in [3.63, 3.8) is 0 Å². The first-order valence-corrected chi connectivity index (χ1v) is 13.7. The molecule has 3 aromatic rings. The summed E-state index contributed by atoms with van der Waals surface area (Å²) in [5.74, 6) is -0.626. The van der Waals surface area contributed by atoms with Gasteiger partial charge >= 0.3 is 14.2 Å². The minimum absolute atomic E-state index is 0.0639. The van der Waals surface area contributed by atoms with E-state index in [0.717, 1.165) is 16.7 Å². The quantitative estimate of drug-likeness (QED) is 0.237. The van der Waals surface area contributed by atoms with Crippen LogP contribution in [0.4, 0.5) is 0 Å². The molecule has 0 spiro atoms. The van der Waals surface area contributed by atoms with Gasteiger partial charge in [0.15, 0.2) is 6.10 Å². The molecule has 0 aliphatic carbocycles. The van der Waals surface area contributed by atoms with E-state index >= 15 is 0 Å². The van der Waals surface area contributed by atoms with E-state index < -0.39 is 44.9 Å². The summed E-state index contributed by atoms with van der Waals surface area (Å²) in [5.41, 5.74) is 2.77. The summed E-state index contributed by atoms with van der Waals surface area (Å²) in [6.45, 7) is 2.01. The Morgan fingerprint density at radius 1 is 0.769 bits per heavy atom. The zero-order valence-electron chi connectivity index (χ0n) is 21.5. The number of hydrogen-bond acceptors (Lipinski definition) is 8. The fraction of sp³-hybridized carbons (Fsp3) is 0.345. The lowest BCUT2D eigenvalue weighted by atomic mass is 9.98. The van der Waals surface area contributed by atoms with E-state index in [1.165, 1.54) is 6.92 Å². The third-order valence-electron chi connectivity index (χ3n) is 6.05. The van der Waals surface area contributed by atoms with E-state index in [4.69, 9.17) is 28.2 Å². The van der Waals surface area contributed by atoms with Crippen molar-refractivity contribution in [1.82, 2.24) is 0 Å². The van der Waals surface area contributed by atoms with Crippen LogP contribution in [-0.4, -0.2) is 48.2 Å². The fourth-order valence-electron chi connectivity index (χ4n) is 4.29. The summed E-state index contributed by atoms with van der Waals surface area (Å²) in [6.07, 6.45) is -5.01. The molecule has 4 rings (SSSR count). The zero-order valence-corrected chi connectivity index (χ0v) is 22.4. The van der Waals surface area contributed by atoms with Gasteiger partial charge in [0.05, 0.1) is 26.4 Å². The highest BCUT2D eigenvalue weighted by Gasteiger charge is 2.53. The predicted molar refractivity (Wildman–Crippen MR) is 141 cm³/mol. The first-order chi connectivity index (χ1) is 19.0. The van der Waals surface area contributed by atoms with Crippen molar-refractivity contribution in [1.29, 1.82) is 0 Å². The maximum Gasteiger partial charge on any atom is 0.697 e. The van der Waals surface area contributed by atoms with Crippen LogP contribution in [0.25, 0.3) is 0 Å². The Hall–Kier alpha value is -3.01. The Bertz CT molecular complexity index is 1160. The van der Waals surface area contributed by atoms with Gasteiger partial charge in [-0.15, -0.1) is 4.89 Å². The molecule has 39 heavy (non-hydrogen) atoms. The molecule has 10 heteroatoms. The molecule has 1 heterocycles. The van der Waals surface area contributed by atoms with Gasteiger partial charge in [0.2, 0.25) is 0 Å². The van der Waals surface area contributed by atoms with Crippen molar-refractivity contribution >= 4 is 14.2 Å². The number of esters is 1. The van der Waals surface area contributed by atoms with Crippen LogP contribution in [0.15, 0.2) is 91.0 Å². The molecule has 1 aliphatic rings. The normalized spacial score (nSPS) is 23.2. The Labute approximate surface area is 228 Å². The lowest BCUT2D eigenvalue weighted by molar-refractivity contribution is -0.302.